The van der Waals surface area contributed by atoms with Crippen LogP contribution in [0.4, 0.5) is 0 Å². The first-order valence-corrected chi connectivity index (χ1v) is 6.88. The van der Waals surface area contributed by atoms with Gasteiger partial charge in [0, 0.05) is 18.4 Å². The first kappa shape index (κ1) is 12.9. The number of aryl methyl sites for hydroxylation is 1. The Kier molecular flexibility index (Phi) is 3.06. The number of pyridine rings is 1. The van der Waals surface area contributed by atoms with E-state index in [9.17, 15) is 0 Å². The van der Waals surface area contributed by atoms with Crippen molar-refractivity contribution in [1.29, 1.82) is 0 Å². The van der Waals surface area contributed by atoms with Gasteiger partial charge in [-0.1, -0.05) is 13.0 Å². The van der Waals surface area contributed by atoms with Crippen molar-refractivity contribution in [3.8, 4) is 5.82 Å². The van der Waals surface area contributed by atoms with Gasteiger partial charge in [0.1, 0.15) is 5.65 Å². The summed E-state index contributed by atoms with van der Waals surface area (Å²) < 4.78 is 3.95. The van der Waals surface area contributed by atoms with Crippen molar-refractivity contribution in [2.45, 2.75) is 33.7 Å². The molecule has 3 aromatic heterocycles. The Balaban J connectivity index is 2.29. The third-order valence-electron chi connectivity index (χ3n) is 3.80. The second-order valence-electron chi connectivity index (χ2n) is 4.93. The fourth-order valence-corrected chi connectivity index (χ4v) is 2.79. The van der Waals surface area contributed by atoms with Crippen LogP contribution in [0.15, 0.2) is 24.4 Å². The Morgan fingerprint density at radius 3 is 2.70 bits per heavy atom. The fourth-order valence-electron chi connectivity index (χ4n) is 2.79. The van der Waals surface area contributed by atoms with Crippen molar-refractivity contribution in [1.82, 2.24) is 19.2 Å². The quantitative estimate of drug-likeness (QED) is 0.792. The smallest absolute Gasteiger partial charge is 0.177 e. The number of nitrogens with two attached hydrogens (primary N) is 1. The lowest BCUT2D eigenvalue weighted by atomic mass is 10.1. The highest BCUT2D eigenvalue weighted by Crippen LogP contribution is 2.21. The normalized spacial score (nSPS) is 11.4. The predicted molar refractivity (Wildman–Crippen MR) is 79.1 cm³/mol. The molecule has 0 aliphatic rings. The summed E-state index contributed by atoms with van der Waals surface area (Å²) in [4.78, 5) is 4.69. The standard InChI is InChI=1S/C15H19N5/c1-4-12-10(2)18-20(11(12)3)15-13(9-16)19-8-6-5-7-14(19)17-15/h5-8H,4,9,16H2,1-3H3. The number of rotatable bonds is 3. The van der Waals surface area contributed by atoms with Crippen LogP contribution in [0.5, 0.6) is 0 Å². The molecule has 0 saturated heterocycles. The Hall–Kier alpha value is -2.14. The van der Waals surface area contributed by atoms with Crippen LogP contribution >= 0.6 is 0 Å². The van der Waals surface area contributed by atoms with Gasteiger partial charge in [0.25, 0.3) is 0 Å². The maximum atomic E-state index is 5.92. The average Bonchev–Trinajstić information content (AvgIpc) is 2.95. The minimum atomic E-state index is 0.431. The highest BCUT2D eigenvalue weighted by Gasteiger charge is 2.17. The largest absolute Gasteiger partial charge is 0.325 e. The molecule has 2 N–H and O–H groups in total. The minimum absolute atomic E-state index is 0.431. The van der Waals surface area contributed by atoms with Gasteiger partial charge in [-0.3, -0.25) is 0 Å². The van der Waals surface area contributed by atoms with Gasteiger partial charge in [0.15, 0.2) is 5.82 Å². The van der Waals surface area contributed by atoms with Gasteiger partial charge in [-0.25, -0.2) is 9.67 Å². The third-order valence-corrected chi connectivity index (χ3v) is 3.80. The van der Waals surface area contributed by atoms with Crippen LogP contribution in [0.2, 0.25) is 0 Å². The van der Waals surface area contributed by atoms with E-state index in [0.717, 1.165) is 35.0 Å². The first-order valence-electron chi connectivity index (χ1n) is 6.88. The van der Waals surface area contributed by atoms with Crippen LogP contribution in [0.1, 0.15) is 29.6 Å². The Labute approximate surface area is 118 Å². The molecule has 0 radical (unpaired) electrons. The molecule has 3 heterocycles. The lowest BCUT2D eigenvalue weighted by Crippen LogP contribution is -2.08. The molecule has 3 rings (SSSR count). The van der Waals surface area contributed by atoms with E-state index in [1.807, 2.05) is 40.4 Å². The summed E-state index contributed by atoms with van der Waals surface area (Å²) in [6, 6.07) is 5.94. The molecule has 0 atom stereocenters. The van der Waals surface area contributed by atoms with E-state index in [1.165, 1.54) is 5.56 Å². The van der Waals surface area contributed by atoms with Gasteiger partial charge in [-0.05, 0) is 38.0 Å². The monoisotopic (exact) mass is 269 g/mol. The molecule has 3 aromatic rings. The molecule has 0 aliphatic heterocycles. The second kappa shape index (κ2) is 4.76. The summed E-state index contributed by atoms with van der Waals surface area (Å²) in [6.45, 7) is 6.71. The lowest BCUT2D eigenvalue weighted by molar-refractivity contribution is 0.790. The minimum Gasteiger partial charge on any atom is -0.325 e. The number of aromatic nitrogens is 4. The van der Waals surface area contributed by atoms with Crippen molar-refractivity contribution >= 4 is 5.65 Å². The van der Waals surface area contributed by atoms with E-state index in [0.29, 0.717) is 6.54 Å². The molecule has 0 aromatic carbocycles. The van der Waals surface area contributed by atoms with E-state index in [-0.39, 0.29) is 0 Å². The molecule has 0 spiro atoms. The lowest BCUT2D eigenvalue weighted by Gasteiger charge is -2.04. The van der Waals surface area contributed by atoms with Crippen molar-refractivity contribution in [2.75, 3.05) is 0 Å². The Bertz CT molecular complexity index is 766. The van der Waals surface area contributed by atoms with Crippen LogP contribution in [0.25, 0.3) is 11.5 Å². The van der Waals surface area contributed by atoms with E-state index < -0.39 is 0 Å². The summed E-state index contributed by atoms with van der Waals surface area (Å²) >= 11 is 0. The Morgan fingerprint density at radius 1 is 1.25 bits per heavy atom. The zero-order chi connectivity index (χ0) is 14.3. The maximum Gasteiger partial charge on any atom is 0.177 e. The zero-order valence-electron chi connectivity index (χ0n) is 12.1. The van der Waals surface area contributed by atoms with Gasteiger partial charge in [0.05, 0.1) is 11.4 Å². The average molecular weight is 269 g/mol. The maximum absolute atomic E-state index is 5.92. The molecule has 0 fully saturated rings. The summed E-state index contributed by atoms with van der Waals surface area (Å²) in [6.07, 6.45) is 2.96. The summed E-state index contributed by atoms with van der Waals surface area (Å²) in [5, 5.41) is 4.64. The molecule has 0 saturated carbocycles. The van der Waals surface area contributed by atoms with Crippen molar-refractivity contribution in [3.63, 3.8) is 0 Å². The Morgan fingerprint density at radius 2 is 2.05 bits per heavy atom. The van der Waals surface area contributed by atoms with Crippen molar-refractivity contribution < 1.29 is 0 Å². The van der Waals surface area contributed by atoms with Crippen LogP contribution in [0.3, 0.4) is 0 Å². The number of nitrogens with zero attached hydrogens (tertiary/aromatic N) is 4. The fraction of sp³-hybridized carbons (Fsp3) is 0.333. The number of hydrogen-bond donors (Lipinski definition) is 1. The molecule has 0 amide bonds. The van der Waals surface area contributed by atoms with Crippen LogP contribution < -0.4 is 5.73 Å². The van der Waals surface area contributed by atoms with Crippen molar-refractivity contribution in [3.05, 3.63) is 47.0 Å². The van der Waals surface area contributed by atoms with Crippen LogP contribution in [0, 0.1) is 13.8 Å². The van der Waals surface area contributed by atoms with E-state index in [1.54, 1.807) is 0 Å². The summed E-state index contributed by atoms with van der Waals surface area (Å²) in [5.41, 5.74) is 11.3. The van der Waals surface area contributed by atoms with Crippen LogP contribution in [-0.2, 0) is 13.0 Å². The molecule has 104 valence electrons. The van der Waals surface area contributed by atoms with Gasteiger partial charge in [-0.15, -0.1) is 0 Å². The molecule has 5 heteroatoms. The second-order valence-corrected chi connectivity index (χ2v) is 4.93. The summed E-state index contributed by atoms with van der Waals surface area (Å²) in [5.74, 6) is 0.832. The molecule has 20 heavy (non-hydrogen) atoms. The molecule has 0 unspecified atom stereocenters. The van der Waals surface area contributed by atoms with E-state index in [2.05, 4.69) is 23.9 Å². The highest BCUT2D eigenvalue weighted by atomic mass is 15.3. The number of fused-ring (bicyclic) bond motifs is 1. The molecular formula is C15H19N5. The molecule has 0 aliphatic carbocycles. The van der Waals surface area contributed by atoms with Gasteiger partial charge < -0.3 is 10.1 Å². The zero-order valence-corrected chi connectivity index (χ0v) is 12.1. The number of imidazole rings is 1. The highest BCUT2D eigenvalue weighted by molar-refractivity contribution is 5.49. The molecular weight excluding hydrogens is 250 g/mol. The van der Waals surface area contributed by atoms with E-state index >= 15 is 0 Å². The number of hydrogen-bond acceptors (Lipinski definition) is 3. The topological polar surface area (TPSA) is 61.1 Å². The van der Waals surface area contributed by atoms with Gasteiger partial charge in [-0.2, -0.15) is 5.10 Å². The van der Waals surface area contributed by atoms with Gasteiger partial charge in [0.2, 0.25) is 0 Å². The molecule has 0 bridgehead atoms. The third kappa shape index (κ3) is 1.74. The summed E-state index contributed by atoms with van der Waals surface area (Å²) in [7, 11) is 0. The van der Waals surface area contributed by atoms with Crippen molar-refractivity contribution in [2.24, 2.45) is 5.73 Å². The van der Waals surface area contributed by atoms with Gasteiger partial charge >= 0.3 is 0 Å². The molecule has 5 nitrogen and oxygen atoms in total. The van der Waals surface area contributed by atoms with Crippen LogP contribution in [-0.4, -0.2) is 19.2 Å². The predicted octanol–water partition coefficient (Wildman–Crippen LogP) is 2.16. The van der Waals surface area contributed by atoms with E-state index in [4.69, 9.17) is 5.73 Å². The first-order chi connectivity index (χ1) is 9.67. The SMILES string of the molecule is CCc1c(C)nn(-c2nc3ccccn3c2CN)c1C.